The summed E-state index contributed by atoms with van der Waals surface area (Å²) in [5.74, 6) is 0.263. The Balaban J connectivity index is 2.00. The number of Topliss-reactive ketones (excluding diaryl/α,β-unsaturated/α-hetero) is 1. The smallest absolute Gasteiger partial charge is 0.256 e. The standard InChI is InChI=1S/C18H19NO2/c1-17(2)11-8-9-18(17,3)15(20)14(11)13-10-6-4-5-7-12(10)19-16(13)21/h4-7,11H,8-9H2,1-3H3,(H,19,21)/b14-13+/t11-,18+/m1/s1. The zero-order valence-electron chi connectivity index (χ0n) is 12.6. The molecule has 2 aliphatic carbocycles. The average Bonchev–Trinajstić information content (AvgIpc) is 2.93. The lowest BCUT2D eigenvalue weighted by Gasteiger charge is -2.31. The van der Waals surface area contributed by atoms with Crippen molar-refractivity contribution >= 4 is 23.0 Å². The van der Waals surface area contributed by atoms with E-state index in [-0.39, 0.29) is 28.4 Å². The van der Waals surface area contributed by atoms with Gasteiger partial charge in [-0.1, -0.05) is 39.0 Å². The zero-order valence-corrected chi connectivity index (χ0v) is 12.6. The first-order valence-electron chi connectivity index (χ1n) is 7.57. The number of anilines is 1. The molecule has 1 aromatic rings. The maximum absolute atomic E-state index is 13.0. The second-order valence-electron chi connectivity index (χ2n) is 7.26. The summed E-state index contributed by atoms with van der Waals surface area (Å²) in [6.07, 6.45) is 1.94. The quantitative estimate of drug-likeness (QED) is 0.741. The van der Waals surface area contributed by atoms with Gasteiger partial charge in [-0.15, -0.1) is 0 Å². The van der Waals surface area contributed by atoms with Crippen LogP contribution < -0.4 is 5.32 Å². The monoisotopic (exact) mass is 281 g/mol. The molecule has 3 aliphatic rings. The third kappa shape index (κ3) is 1.30. The zero-order chi connectivity index (χ0) is 15.0. The molecular formula is C18H19NO2. The molecule has 0 spiro atoms. The van der Waals surface area contributed by atoms with E-state index in [2.05, 4.69) is 26.1 Å². The van der Waals surface area contributed by atoms with Crippen LogP contribution in [0.15, 0.2) is 29.8 Å². The van der Waals surface area contributed by atoms with Crippen molar-refractivity contribution in [2.45, 2.75) is 33.6 Å². The Kier molecular flexibility index (Phi) is 2.22. The van der Waals surface area contributed by atoms with Crippen LogP contribution in [-0.4, -0.2) is 11.7 Å². The van der Waals surface area contributed by atoms with E-state index in [1.807, 2.05) is 24.3 Å². The lowest BCUT2D eigenvalue weighted by atomic mass is 9.70. The Labute approximate surface area is 124 Å². The molecule has 4 rings (SSSR count). The highest BCUT2D eigenvalue weighted by Crippen LogP contribution is 2.66. The summed E-state index contributed by atoms with van der Waals surface area (Å²) in [6, 6.07) is 7.65. The average molecular weight is 281 g/mol. The number of hydrogen-bond donors (Lipinski definition) is 1. The second-order valence-corrected chi connectivity index (χ2v) is 7.26. The van der Waals surface area contributed by atoms with Crippen molar-refractivity contribution in [3.8, 4) is 0 Å². The molecule has 1 amide bonds. The van der Waals surface area contributed by atoms with Gasteiger partial charge in [-0.3, -0.25) is 9.59 Å². The number of benzene rings is 1. The van der Waals surface area contributed by atoms with Crippen molar-refractivity contribution < 1.29 is 9.59 Å². The molecule has 3 nitrogen and oxygen atoms in total. The molecule has 2 fully saturated rings. The predicted molar refractivity (Wildman–Crippen MR) is 81.6 cm³/mol. The summed E-state index contributed by atoms with van der Waals surface area (Å²) >= 11 is 0. The number of ketones is 1. The number of fused-ring (bicyclic) bond motifs is 3. The molecule has 21 heavy (non-hydrogen) atoms. The van der Waals surface area contributed by atoms with Gasteiger partial charge in [-0.05, 0) is 30.2 Å². The maximum Gasteiger partial charge on any atom is 0.256 e. The van der Waals surface area contributed by atoms with Crippen LogP contribution in [0, 0.1) is 16.7 Å². The van der Waals surface area contributed by atoms with Gasteiger partial charge in [0.25, 0.3) is 5.91 Å². The minimum atomic E-state index is -0.322. The molecular weight excluding hydrogens is 262 g/mol. The van der Waals surface area contributed by atoms with Crippen LogP contribution in [0.25, 0.3) is 5.57 Å². The third-order valence-electron chi connectivity index (χ3n) is 6.26. The number of para-hydroxylation sites is 1. The van der Waals surface area contributed by atoms with Crippen molar-refractivity contribution in [3.63, 3.8) is 0 Å². The van der Waals surface area contributed by atoms with Crippen LogP contribution >= 0.6 is 0 Å². The fourth-order valence-electron chi connectivity index (χ4n) is 4.54. The topological polar surface area (TPSA) is 46.2 Å². The van der Waals surface area contributed by atoms with E-state index in [0.717, 1.165) is 29.7 Å². The Hall–Kier alpha value is -1.90. The number of allylic oxidation sites excluding steroid dienone is 1. The Bertz CT molecular complexity index is 728. The molecule has 0 saturated heterocycles. The summed E-state index contributed by atoms with van der Waals surface area (Å²) in [4.78, 5) is 25.4. The highest BCUT2D eigenvalue weighted by molar-refractivity contribution is 6.36. The predicted octanol–water partition coefficient (Wildman–Crippen LogP) is 3.42. The molecule has 0 aromatic heterocycles. The minimum absolute atomic E-state index is 0.0652. The fourth-order valence-corrected chi connectivity index (χ4v) is 4.54. The van der Waals surface area contributed by atoms with Crippen molar-refractivity contribution in [2.75, 3.05) is 5.32 Å². The molecule has 2 bridgehead atoms. The number of rotatable bonds is 0. The highest BCUT2D eigenvalue weighted by atomic mass is 16.2. The van der Waals surface area contributed by atoms with Gasteiger partial charge in [0.1, 0.15) is 0 Å². The summed E-state index contributed by atoms with van der Waals surface area (Å²) in [7, 11) is 0. The molecule has 3 heteroatoms. The van der Waals surface area contributed by atoms with E-state index in [4.69, 9.17) is 0 Å². The van der Waals surface area contributed by atoms with Gasteiger partial charge in [0.2, 0.25) is 0 Å². The molecule has 2 atom stereocenters. The van der Waals surface area contributed by atoms with Crippen LogP contribution in [-0.2, 0) is 9.59 Å². The molecule has 1 aliphatic heterocycles. The SMILES string of the molecule is CC1(C)[C@@H]2CC[C@@]1(C)C(=O)/C2=C1/C(=O)Nc2ccccc21. The van der Waals surface area contributed by atoms with Crippen LogP contribution in [0.1, 0.15) is 39.2 Å². The molecule has 108 valence electrons. The van der Waals surface area contributed by atoms with E-state index in [1.165, 1.54) is 0 Å². The molecule has 0 unspecified atom stereocenters. The fraction of sp³-hybridized carbons (Fsp3) is 0.444. The van der Waals surface area contributed by atoms with Crippen molar-refractivity contribution in [3.05, 3.63) is 35.4 Å². The van der Waals surface area contributed by atoms with Gasteiger partial charge < -0.3 is 5.32 Å². The third-order valence-corrected chi connectivity index (χ3v) is 6.26. The first-order valence-corrected chi connectivity index (χ1v) is 7.57. The molecule has 1 aromatic carbocycles. The lowest BCUT2D eigenvalue weighted by molar-refractivity contribution is -0.125. The van der Waals surface area contributed by atoms with Crippen LogP contribution in [0.2, 0.25) is 0 Å². The highest BCUT2D eigenvalue weighted by Gasteiger charge is 2.65. The Morgan fingerprint density at radius 1 is 1.14 bits per heavy atom. The van der Waals surface area contributed by atoms with Crippen LogP contribution in [0.4, 0.5) is 5.69 Å². The van der Waals surface area contributed by atoms with Gasteiger partial charge in [0, 0.05) is 22.2 Å². The van der Waals surface area contributed by atoms with E-state index >= 15 is 0 Å². The summed E-state index contributed by atoms with van der Waals surface area (Å²) in [5.41, 5.74) is 2.72. The largest absolute Gasteiger partial charge is 0.321 e. The van der Waals surface area contributed by atoms with Crippen molar-refractivity contribution in [1.29, 1.82) is 0 Å². The molecule has 2 saturated carbocycles. The van der Waals surface area contributed by atoms with Gasteiger partial charge >= 0.3 is 0 Å². The lowest BCUT2D eigenvalue weighted by Crippen LogP contribution is -2.32. The second kappa shape index (κ2) is 3.65. The van der Waals surface area contributed by atoms with Crippen molar-refractivity contribution in [1.82, 2.24) is 0 Å². The maximum atomic E-state index is 13.0. The molecule has 0 radical (unpaired) electrons. The number of carbonyl (C=O) groups is 2. The molecule has 1 N–H and O–H groups in total. The van der Waals surface area contributed by atoms with E-state index in [0.29, 0.717) is 5.57 Å². The normalized spacial score (nSPS) is 36.0. The number of carbonyl (C=O) groups excluding carboxylic acids is 2. The summed E-state index contributed by atoms with van der Waals surface area (Å²) in [5, 5.41) is 2.90. The van der Waals surface area contributed by atoms with E-state index in [1.54, 1.807) is 0 Å². The van der Waals surface area contributed by atoms with Gasteiger partial charge in [0.15, 0.2) is 5.78 Å². The summed E-state index contributed by atoms with van der Waals surface area (Å²) < 4.78 is 0. The Morgan fingerprint density at radius 3 is 2.52 bits per heavy atom. The minimum Gasteiger partial charge on any atom is -0.321 e. The molecule has 1 heterocycles. The number of amides is 1. The number of hydrogen-bond acceptors (Lipinski definition) is 2. The first kappa shape index (κ1) is 12.8. The Morgan fingerprint density at radius 2 is 1.86 bits per heavy atom. The van der Waals surface area contributed by atoms with E-state index < -0.39 is 0 Å². The number of nitrogens with one attached hydrogen (secondary N) is 1. The first-order chi connectivity index (χ1) is 9.88. The van der Waals surface area contributed by atoms with Gasteiger partial charge in [0.05, 0.1) is 5.57 Å². The van der Waals surface area contributed by atoms with E-state index in [9.17, 15) is 9.59 Å². The van der Waals surface area contributed by atoms with Crippen LogP contribution in [0.5, 0.6) is 0 Å². The van der Waals surface area contributed by atoms with Crippen LogP contribution in [0.3, 0.4) is 0 Å². The van der Waals surface area contributed by atoms with Gasteiger partial charge in [-0.2, -0.15) is 0 Å². The van der Waals surface area contributed by atoms with Gasteiger partial charge in [-0.25, -0.2) is 0 Å². The van der Waals surface area contributed by atoms with Crippen molar-refractivity contribution in [2.24, 2.45) is 16.7 Å². The summed E-state index contributed by atoms with van der Waals surface area (Å²) in [6.45, 7) is 6.42.